The average Bonchev–Trinajstić information content (AvgIpc) is 2.73. The predicted molar refractivity (Wildman–Crippen MR) is 117 cm³/mol. The van der Waals surface area contributed by atoms with Crippen LogP contribution in [0.1, 0.15) is 23.3 Å². The normalized spacial score (nSPS) is 11.9. The van der Waals surface area contributed by atoms with Crippen LogP contribution >= 0.6 is 11.8 Å². The van der Waals surface area contributed by atoms with Crippen molar-refractivity contribution >= 4 is 40.2 Å². The highest BCUT2D eigenvalue weighted by Crippen LogP contribution is 2.21. The molecule has 9 heteroatoms. The molecule has 0 saturated heterocycles. The SMILES string of the molecule is COC[C@H](C)n1c(SCC(=O)Nc2ccc(C(N)=O)cc2)nc2ccccc2c1=O. The number of hydrogen-bond donors (Lipinski definition) is 2. The van der Waals surface area contributed by atoms with Crippen LogP contribution in [0.4, 0.5) is 5.69 Å². The number of benzene rings is 2. The Morgan fingerprint density at radius 1 is 1.20 bits per heavy atom. The smallest absolute Gasteiger partial charge is 0.262 e. The van der Waals surface area contributed by atoms with Crippen LogP contribution in [0.3, 0.4) is 0 Å². The van der Waals surface area contributed by atoms with E-state index in [2.05, 4.69) is 10.3 Å². The Hall–Kier alpha value is -3.17. The van der Waals surface area contributed by atoms with E-state index in [0.717, 1.165) is 0 Å². The number of nitrogens with one attached hydrogen (secondary N) is 1. The second kappa shape index (κ2) is 9.55. The van der Waals surface area contributed by atoms with Gasteiger partial charge in [-0.2, -0.15) is 0 Å². The molecule has 156 valence electrons. The quantitative estimate of drug-likeness (QED) is 0.422. The van der Waals surface area contributed by atoms with Crippen molar-refractivity contribution in [1.82, 2.24) is 9.55 Å². The van der Waals surface area contributed by atoms with Crippen molar-refractivity contribution in [2.24, 2.45) is 5.73 Å². The zero-order chi connectivity index (χ0) is 21.7. The maximum absolute atomic E-state index is 13.0. The number of rotatable bonds is 8. The highest BCUT2D eigenvalue weighted by molar-refractivity contribution is 7.99. The molecule has 0 bridgehead atoms. The number of methoxy groups -OCH3 is 1. The minimum Gasteiger partial charge on any atom is -0.383 e. The molecule has 0 fully saturated rings. The molecule has 0 aliphatic rings. The molecule has 0 unspecified atom stereocenters. The summed E-state index contributed by atoms with van der Waals surface area (Å²) in [6.45, 7) is 2.21. The monoisotopic (exact) mass is 426 g/mol. The van der Waals surface area contributed by atoms with Crippen LogP contribution in [-0.4, -0.2) is 40.8 Å². The van der Waals surface area contributed by atoms with Crippen molar-refractivity contribution in [3.05, 3.63) is 64.4 Å². The van der Waals surface area contributed by atoms with Gasteiger partial charge >= 0.3 is 0 Å². The maximum Gasteiger partial charge on any atom is 0.262 e. The number of primary amides is 1. The van der Waals surface area contributed by atoms with E-state index in [-0.39, 0.29) is 23.3 Å². The van der Waals surface area contributed by atoms with E-state index in [9.17, 15) is 14.4 Å². The summed E-state index contributed by atoms with van der Waals surface area (Å²) >= 11 is 1.18. The lowest BCUT2D eigenvalue weighted by molar-refractivity contribution is -0.113. The van der Waals surface area contributed by atoms with Crippen LogP contribution < -0.4 is 16.6 Å². The van der Waals surface area contributed by atoms with Gasteiger partial charge in [-0.1, -0.05) is 23.9 Å². The highest BCUT2D eigenvalue weighted by Gasteiger charge is 2.17. The summed E-state index contributed by atoms with van der Waals surface area (Å²) in [5.74, 6) is -0.740. The molecule has 0 saturated carbocycles. The summed E-state index contributed by atoms with van der Waals surface area (Å²) in [6.07, 6.45) is 0. The number of fused-ring (bicyclic) bond motifs is 1. The van der Waals surface area contributed by atoms with Gasteiger partial charge in [0.25, 0.3) is 5.56 Å². The zero-order valence-electron chi connectivity index (χ0n) is 16.6. The van der Waals surface area contributed by atoms with Gasteiger partial charge in [0.1, 0.15) is 0 Å². The molecule has 1 atom stereocenters. The Balaban J connectivity index is 1.80. The molecule has 3 N–H and O–H groups in total. The first kappa shape index (κ1) is 21.5. The van der Waals surface area contributed by atoms with E-state index >= 15 is 0 Å². The first-order chi connectivity index (χ1) is 14.4. The predicted octanol–water partition coefficient (Wildman–Crippen LogP) is 2.43. The van der Waals surface area contributed by atoms with Gasteiger partial charge in [-0.05, 0) is 43.3 Å². The summed E-state index contributed by atoms with van der Waals surface area (Å²) in [7, 11) is 1.57. The van der Waals surface area contributed by atoms with Crippen LogP contribution in [0, 0.1) is 0 Å². The average molecular weight is 426 g/mol. The lowest BCUT2D eigenvalue weighted by Crippen LogP contribution is -2.29. The van der Waals surface area contributed by atoms with Gasteiger partial charge in [-0.15, -0.1) is 0 Å². The standard InChI is InChI=1S/C21H22N4O4S/c1-13(11-29-2)25-20(28)16-5-3-4-6-17(16)24-21(25)30-12-18(26)23-15-9-7-14(8-10-15)19(22)27/h3-10,13H,11-12H2,1-2H3,(H2,22,27)(H,23,26)/t13-/m0/s1. The summed E-state index contributed by atoms with van der Waals surface area (Å²) in [5.41, 5.74) is 6.53. The van der Waals surface area contributed by atoms with Crippen LogP contribution in [0.15, 0.2) is 58.5 Å². The Kier molecular flexibility index (Phi) is 6.86. The van der Waals surface area contributed by atoms with Crippen molar-refractivity contribution in [2.45, 2.75) is 18.1 Å². The number of ether oxygens (including phenoxy) is 1. The minimum atomic E-state index is -0.533. The van der Waals surface area contributed by atoms with E-state index in [1.165, 1.54) is 11.8 Å². The fraction of sp³-hybridized carbons (Fsp3) is 0.238. The van der Waals surface area contributed by atoms with Crippen LogP contribution in [0.2, 0.25) is 0 Å². The van der Waals surface area contributed by atoms with Crippen molar-refractivity contribution in [3.63, 3.8) is 0 Å². The van der Waals surface area contributed by atoms with Crippen molar-refractivity contribution in [3.8, 4) is 0 Å². The number of nitrogens with zero attached hydrogens (tertiary/aromatic N) is 2. The number of nitrogens with two attached hydrogens (primary N) is 1. The fourth-order valence-corrected chi connectivity index (χ4v) is 3.87. The molecule has 2 aromatic carbocycles. The number of thioether (sulfide) groups is 1. The summed E-state index contributed by atoms with van der Waals surface area (Å²) in [5, 5.41) is 3.72. The minimum absolute atomic E-state index is 0.0576. The number of hydrogen-bond acceptors (Lipinski definition) is 6. The maximum atomic E-state index is 13.0. The third kappa shape index (κ3) is 4.87. The van der Waals surface area contributed by atoms with Gasteiger partial charge in [0, 0.05) is 18.4 Å². The summed E-state index contributed by atoms with van der Waals surface area (Å²) < 4.78 is 6.76. The molecule has 0 aliphatic heterocycles. The van der Waals surface area contributed by atoms with Gasteiger partial charge in [-0.25, -0.2) is 4.98 Å². The van der Waals surface area contributed by atoms with E-state index < -0.39 is 5.91 Å². The number of carbonyl (C=O) groups is 2. The second-order valence-electron chi connectivity index (χ2n) is 6.67. The molecule has 1 aromatic heterocycles. The number of amides is 2. The molecule has 0 spiro atoms. The Morgan fingerprint density at radius 2 is 1.90 bits per heavy atom. The molecule has 0 aliphatic carbocycles. The Labute approximate surface area is 177 Å². The molecule has 30 heavy (non-hydrogen) atoms. The van der Waals surface area contributed by atoms with Crippen molar-refractivity contribution < 1.29 is 14.3 Å². The molecule has 2 amide bonds. The van der Waals surface area contributed by atoms with Crippen molar-refractivity contribution in [1.29, 1.82) is 0 Å². The highest BCUT2D eigenvalue weighted by atomic mass is 32.2. The topological polar surface area (TPSA) is 116 Å². The van der Waals surface area contributed by atoms with Gasteiger partial charge in [0.05, 0.1) is 29.3 Å². The molecular formula is C21H22N4O4S. The number of anilines is 1. The Morgan fingerprint density at radius 3 is 2.57 bits per heavy atom. The molecule has 0 radical (unpaired) electrons. The van der Waals surface area contributed by atoms with Crippen molar-refractivity contribution in [2.75, 3.05) is 24.8 Å². The van der Waals surface area contributed by atoms with Crippen LogP contribution in [0.5, 0.6) is 0 Å². The first-order valence-corrected chi connectivity index (χ1v) is 10.2. The van der Waals surface area contributed by atoms with E-state index in [4.69, 9.17) is 10.5 Å². The van der Waals surface area contributed by atoms with E-state index in [0.29, 0.717) is 33.9 Å². The third-order valence-electron chi connectivity index (χ3n) is 4.41. The summed E-state index contributed by atoms with van der Waals surface area (Å²) in [4.78, 5) is 41.1. The zero-order valence-corrected chi connectivity index (χ0v) is 17.4. The summed E-state index contributed by atoms with van der Waals surface area (Å²) in [6, 6.07) is 13.2. The third-order valence-corrected chi connectivity index (χ3v) is 5.36. The van der Waals surface area contributed by atoms with Gasteiger partial charge in [-0.3, -0.25) is 19.0 Å². The lowest BCUT2D eigenvalue weighted by atomic mass is 10.2. The van der Waals surface area contributed by atoms with Gasteiger partial charge < -0.3 is 15.8 Å². The molecule has 8 nitrogen and oxygen atoms in total. The molecule has 3 rings (SSSR count). The van der Waals surface area contributed by atoms with Crippen LogP contribution in [0.25, 0.3) is 10.9 Å². The van der Waals surface area contributed by atoms with Gasteiger partial charge in [0.2, 0.25) is 11.8 Å². The molecule has 3 aromatic rings. The number of para-hydroxylation sites is 1. The lowest BCUT2D eigenvalue weighted by Gasteiger charge is -2.18. The number of aromatic nitrogens is 2. The fourth-order valence-electron chi connectivity index (χ4n) is 2.98. The van der Waals surface area contributed by atoms with Gasteiger partial charge in [0.15, 0.2) is 5.16 Å². The van der Waals surface area contributed by atoms with E-state index in [1.807, 2.05) is 13.0 Å². The first-order valence-electron chi connectivity index (χ1n) is 9.23. The Bertz CT molecular complexity index is 1130. The second-order valence-corrected chi connectivity index (χ2v) is 7.61. The largest absolute Gasteiger partial charge is 0.383 e. The molecule has 1 heterocycles. The number of carbonyl (C=O) groups excluding carboxylic acids is 2. The van der Waals surface area contributed by atoms with E-state index in [1.54, 1.807) is 54.1 Å². The van der Waals surface area contributed by atoms with Crippen LogP contribution in [-0.2, 0) is 9.53 Å². The molecular weight excluding hydrogens is 404 g/mol.